The van der Waals surface area contributed by atoms with Crippen molar-refractivity contribution in [2.75, 3.05) is 14.2 Å². The van der Waals surface area contributed by atoms with Crippen molar-refractivity contribution >= 4 is 28.1 Å². The van der Waals surface area contributed by atoms with Gasteiger partial charge in [-0.3, -0.25) is 4.79 Å². The zero-order valence-electron chi connectivity index (χ0n) is 12.2. The van der Waals surface area contributed by atoms with Crippen molar-refractivity contribution in [1.82, 2.24) is 5.43 Å². The molecule has 22 heavy (non-hydrogen) atoms. The minimum absolute atomic E-state index is 0.300. The van der Waals surface area contributed by atoms with Crippen LogP contribution in [0, 0.1) is 0 Å². The third kappa shape index (κ3) is 3.65. The summed E-state index contributed by atoms with van der Waals surface area (Å²) in [5.74, 6) is 0.859. The van der Waals surface area contributed by atoms with Crippen LogP contribution in [0.2, 0.25) is 0 Å². The molecule has 0 radical (unpaired) electrons. The number of amides is 1. The Kier molecular flexibility index (Phi) is 5.55. The van der Waals surface area contributed by atoms with E-state index < -0.39 is 0 Å². The molecule has 0 aliphatic rings. The number of hydrogen-bond acceptors (Lipinski definition) is 4. The summed E-state index contributed by atoms with van der Waals surface area (Å²) < 4.78 is 11.2. The van der Waals surface area contributed by atoms with Crippen LogP contribution in [0.5, 0.6) is 11.5 Å². The lowest BCUT2D eigenvalue weighted by Gasteiger charge is -2.09. The highest BCUT2D eigenvalue weighted by molar-refractivity contribution is 9.10. The number of carbonyl (C=O) groups excluding carboxylic acids is 1. The summed E-state index contributed by atoms with van der Waals surface area (Å²) >= 11 is 3.33. The molecule has 0 bridgehead atoms. The lowest BCUT2D eigenvalue weighted by molar-refractivity contribution is 0.0954. The normalized spacial score (nSPS) is 10.5. The van der Waals surface area contributed by atoms with Gasteiger partial charge in [0.05, 0.1) is 26.0 Å². The Hall–Kier alpha value is -2.34. The fraction of sp³-hybridized carbons (Fsp3) is 0.125. The molecule has 5 nitrogen and oxygen atoms in total. The maximum Gasteiger partial charge on any atom is 0.272 e. The minimum Gasteiger partial charge on any atom is -0.493 e. The molecule has 2 aromatic rings. The monoisotopic (exact) mass is 362 g/mol. The summed E-state index contributed by atoms with van der Waals surface area (Å²) in [6.07, 6.45) is 1.51. The van der Waals surface area contributed by atoms with Gasteiger partial charge in [0.25, 0.3) is 5.91 Å². The fourth-order valence-corrected chi connectivity index (χ4v) is 2.34. The molecule has 0 saturated carbocycles. The number of benzene rings is 2. The van der Waals surface area contributed by atoms with Gasteiger partial charge in [-0.15, -0.1) is 0 Å². The number of hydrogen-bond donors (Lipinski definition) is 1. The van der Waals surface area contributed by atoms with Gasteiger partial charge in [-0.25, -0.2) is 5.43 Å². The van der Waals surface area contributed by atoms with Crippen LogP contribution in [0.15, 0.2) is 52.0 Å². The molecule has 1 N–H and O–H groups in total. The first-order valence-electron chi connectivity index (χ1n) is 6.46. The molecular formula is C16H15BrN2O3. The Balaban J connectivity index is 2.13. The van der Waals surface area contributed by atoms with E-state index in [1.165, 1.54) is 6.21 Å². The van der Waals surface area contributed by atoms with Gasteiger partial charge >= 0.3 is 0 Å². The Labute approximate surface area is 137 Å². The second-order valence-corrected chi connectivity index (χ2v) is 5.12. The summed E-state index contributed by atoms with van der Waals surface area (Å²) in [4.78, 5) is 12.0. The van der Waals surface area contributed by atoms with E-state index in [-0.39, 0.29) is 5.91 Å². The number of rotatable bonds is 5. The van der Waals surface area contributed by atoms with Crippen molar-refractivity contribution in [1.29, 1.82) is 0 Å². The average molecular weight is 363 g/mol. The SMILES string of the molecule is COc1cccc(/C=N\NC(=O)c2ccccc2Br)c1OC. The predicted octanol–water partition coefficient (Wildman–Crippen LogP) is 3.23. The number of para-hydroxylation sites is 1. The van der Waals surface area contributed by atoms with Gasteiger partial charge in [0.1, 0.15) is 0 Å². The molecule has 6 heteroatoms. The number of carbonyl (C=O) groups is 1. The summed E-state index contributed by atoms with van der Waals surface area (Å²) in [6, 6.07) is 12.5. The highest BCUT2D eigenvalue weighted by Gasteiger charge is 2.09. The highest BCUT2D eigenvalue weighted by Crippen LogP contribution is 2.29. The van der Waals surface area contributed by atoms with Gasteiger partial charge in [0.2, 0.25) is 0 Å². The minimum atomic E-state index is -0.300. The van der Waals surface area contributed by atoms with Crippen LogP contribution in [-0.4, -0.2) is 26.3 Å². The average Bonchev–Trinajstić information content (AvgIpc) is 2.54. The van der Waals surface area contributed by atoms with Crippen LogP contribution in [0.3, 0.4) is 0 Å². The van der Waals surface area contributed by atoms with E-state index in [0.717, 1.165) is 0 Å². The van der Waals surface area contributed by atoms with E-state index in [0.29, 0.717) is 27.1 Å². The van der Waals surface area contributed by atoms with Gasteiger partial charge in [0, 0.05) is 10.0 Å². The molecular weight excluding hydrogens is 348 g/mol. The Morgan fingerprint density at radius 2 is 1.91 bits per heavy atom. The smallest absolute Gasteiger partial charge is 0.272 e. The van der Waals surface area contributed by atoms with Crippen LogP contribution in [0.1, 0.15) is 15.9 Å². The third-order valence-corrected chi connectivity index (χ3v) is 3.61. The number of halogens is 1. The van der Waals surface area contributed by atoms with Crippen molar-refractivity contribution in [2.45, 2.75) is 0 Å². The van der Waals surface area contributed by atoms with Crippen molar-refractivity contribution in [3.63, 3.8) is 0 Å². The van der Waals surface area contributed by atoms with Gasteiger partial charge < -0.3 is 9.47 Å². The highest BCUT2D eigenvalue weighted by atomic mass is 79.9. The molecule has 0 saturated heterocycles. The van der Waals surface area contributed by atoms with Crippen molar-refractivity contribution < 1.29 is 14.3 Å². The Morgan fingerprint density at radius 1 is 1.14 bits per heavy atom. The number of ether oxygens (including phenoxy) is 2. The van der Waals surface area contributed by atoms with Gasteiger partial charge in [-0.05, 0) is 40.2 Å². The van der Waals surface area contributed by atoms with Gasteiger partial charge in [0.15, 0.2) is 11.5 Å². The topological polar surface area (TPSA) is 59.9 Å². The quantitative estimate of drug-likeness (QED) is 0.656. The number of methoxy groups -OCH3 is 2. The van der Waals surface area contributed by atoms with Crippen LogP contribution < -0.4 is 14.9 Å². The van der Waals surface area contributed by atoms with Gasteiger partial charge in [-0.2, -0.15) is 5.10 Å². The fourth-order valence-electron chi connectivity index (χ4n) is 1.88. The summed E-state index contributed by atoms with van der Waals surface area (Å²) in [7, 11) is 3.11. The maximum atomic E-state index is 12.0. The zero-order valence-corrected chi connectivity index (χ0v) is 13.8. The first kappa shape index (κ1) is 16.0. The van der Waals surface area contributed by atoms with Crippen molar-refractivity contribution in [3.05, 3.63) is 58.1 Å². The molecule has 1 amide bonds. The van der Waals surface area contributed by atoms with E-state index in [2.05, 4.69) is 26.5 Å². The molecule has 2 rings (SSSR count). The van der Waals surface area contributed by atoms with E-state index in [1.807, 2.05) is 18.2 Å². The van der Waals surface area contributed by atoms with Crippen LogP contribution in [0.25, 0.3) is 0 Å². The van der Waals surface area contributed by atoms with Gasteiger partial charge in [-0.1, -0.05) is 18.2 Å². The molecule has 0 aromatic heterocycles. The van der Waals surface area contributed by atoms with Crippen LogP contribution in [0.4, 0.5) is 0 Å². The molecule has 0 aliphatic carbocycles. The second kappa shape index (κ2) is 7.61. The molecule has 0 spiro atoms. The lowest BCUT2D eigenvalue weighted by atomic mass is 10.2. The number of nitrogens with zero attached hydrogens (tertiary/aromatic N) is 1. The first-order chi connectivity index (χ1) is 10.7. The number of hydrazone groups is 1. The Bertz CT molecular complexity index is 702. The van der Waals surface area contributed by atoms with E-state index in [1.54, 1.807) is 38.5 Å². The van der Waals surface area contributed by atoms with Crippen molar-refractivity contribution in [2.24, 2.45) is 5.10 Å². The van der Waals surface area contributed by atoms with E-state index in [9.17, 15) is 4.79 Å². The standard InChI is InChI=1S/C16H15BrN2O3/c1-21-14-9-5-6-11(15(14)22-2)10-18-19-16(20)12-7-3-4-8-13(12)17/h3-10H,1-2H3,(H,19,20)/b18-10-. The molecule has 0 unspecified atom stereocenters. The van der Waals surface area contributed by atoms with Crippen LogP contribution in [-0.2, 0) is 0 Å². The largest absolute Gasteiger partial charge is 0.493 e. The van der Waals surface area contributed by atoms with E-state index >= 15 is 0 Å². The summed E-state index contributed by atoms with van der Waals surface area (Å²) in [6.45, 7) is 0. The lowest BCUT2D eigenvalue weighted by Crippen LogP contribution is -2.18. The summed E-state index contributed by atoms with van der Waals surface area (Å²) in [5.41, 5.74) is 3.70. The zero-order chi connectivity index (χ0) is 15.9. The Morgan fingerprint density at radius 3 is 2.59 bits per heavy atom. The molecule has 0 aliphatic heterocycles. The second-order valence-electron chi connectivity index (χ2n) is 4.26. The molecule has 0 fully saturated rings. The number of nitrogens with one attached hydrogen (secondary N) is 1. The maximum absolute atomic E-state index is 12.0. The molecule has 2 aromatic carbocycles. The predicted molar refractivity (Wildman–Crippen MR) is 88.7 cm³/mol. The first-order valence-corrected chi connectivity index (χ1v) is 7.25. The molecule has 0 heterocycles. The molecule has 114 valence electrons. The van der Waals surface area contributed by atoms with E-state index in [4.69, 9.17) is 9.47 Å². The summed E-state index contributed by atoms with van der Waals surface area (Å²) in [5, 5.41) is 3.96. The third-order valence-electron chi connectivity index (χ3n) is 2.92. The van der Waals surface area contributed by atoms with Crippen molar-refractivity contribution in [3.8, 4) is 11.5 Å². The van der Waals surface area contributed by atoms with Crippen LogP contribution >= 0.6 is 15.9 Å². The molecule has 0 atom stereocenters.